The lowest BCUT2D eigenvalue weighted by Gasteiger charge is -2.41. The molecule has 1 fully saturated rings. The molecule has 4 heteroatoms. The summed E-state index contributed by atoms with van der Waals surface area (Å²) in [6.45, 7) is 9.82. The van der Waals surface area contributed by atoms with E-state index in [9.17, 15) is 4.39 Å². The van der Waals surface area contributed by atoms with E-state index in [0.717, 1.165) is 38.0 Å². The Balaban J connectivity index is 1.80. The van der Waals surface area contributed by atoms with Gasteiger partial charge in [0.25, 0.3) is 0 Å². The molecular formula is C16H24BrFN2. The lowest BCUT2D eigenvalue weighted by Crippen LogP contribution is -2.49. The summed E-state index contributed by atoms with van der Waals surface area (Å²) < 4.78 is 14.0. The molecule has 0 aliphatic carbocycles. The number of halogens is 2. The first-order chi connectivity index (χ1) is 9.36. The Hall–Kier alpha value is -0.450. The summed E-state index contributed by atoms with van der Waals surface area (Å²) >= 11 is 3.18. The second kappa shape index (κ2) is 6.54. The molecule has 112 valence electrons. The van der Waals surface area contributed by atoms with Gasteiger partial charge in [0, 0.05) is 31.2 Å². The van der Waals surface area contributed by atoms with E-state index < -0.39 is 0 Å². The molecule has 2 rings (SSSR count). The van der Waals surface area contributed by atoms with Gasteiger partial charge in [-0.15, -0.1) is 0 Å². The fraction of sp³-hybridized carbons (Fsp3) is 0.625. The molecule has 0 bridgehead atoms. The van der Waals surface area contributed by atoms with Gasteiger partial charge in [-0.25, -0.2) is 4.39 Å². The van der Waals surface area contributed by atoms with E-state index in [0.29, 0.717) is 10.5 Å². The largest absolute Gasteiger partial charge is 0.310 e. The molecule has 1 saturated heterocycles. The Morgan fingerprint density at radius 1 is 1.30 bits per heavy atom. The number of hydrogen-bond donors (Lipinski definition) is 1. The standard InChI is InChI=1S/C16H24BrFN2/c1-16(2,3)20-8-6-13(7-9-20)19-11-12-4-5-14(17)15(18)10-12/h4-5,10,13,19H,6-9,11H2,1-3H3. The molecule has 1 N–H and O–H groups in total. The van der Waals surface area contributed by atoms with Gasteiger partial charge < -0.3 is 5.32 Å². The van der Waals surface area contributed by atoms with Crippen molar-refractivity contribution in [2.24, 2.45) is 0 Å². The van der Waals surface area contributed by atoms with E-state index in [4.69, 9.17) is 0 Å². The van der Waals surface area contributed by atoms with E-state index in [1.165, 1.54) is 0 Å². The van der Waals surface area contributed by atoms with Crippen LogP contribution in [0, 0.1) is 5.82 Å². The van der Waals surface area contributed by atoms with E-state index in [-0.39, 0.29) is 11.4 Å². The smallest absolute Gasteiger partial charge is 0.137 e. The van der Waals surface area contributed by atoms with Crippen molar-refractivity contribution in [1.82, 2.24) is 10.2 Å². The third-order valence-electron chi connectivity index (χ3n) is 4.02. The van der Waals surface area contributed by atoms with Gasteiger partial charge in [0.15, 0.2) is 0 Å². The number of rotatable bonds is 3. The Labute approximate surface area is 129 Å². The Morgan fingerprint density at radius 2 is 1.95 bits per heavy atom. The monoisotopic (exact) mass is 342 g/mol. The highest BCUT2D eigenvalue weighted by Crippen LogP contribution is 2.21. The van der Waals surface area contributed by atoms with Crippen molar-refractivity contribution in [2.75, 3.05) is 13.1 Å². The van der Waals surface area contributed by atoms with Gasteiger partial charge >= 0.3 is 0 Å². The maximum Gasteiger partial charge on any atom is 0.137 e. The molecule has 1 aromatic carbocycles. The zero-order valence-corrected chi connectivity index (χ0v) is 14.1. The lowest BCUT2D eigenvalue weighted by atomic mass is 9.98. The summed E-state index contributed by atoms with van der Waals surface area (Å²) in [5, 5.41) is 3.55. The molecule has 0 atom stereocenters. The molecule has 0 aromatic heterocycles. The minimum Gasteiger partial charge on any atom is -0.310 e. The average Bonchev–Trinajstić information content (AvgIpc) is 2.40. The summed E-state index contributed by atoms with van der Waals surface area (Å²) in [6.07, 6.45) is 2.33. The van der Waals surface area contributed by atoms with Crippen LogP contribution in [0.5, 0.6) is 0 Å². The predicted molar refractivity (Wildman–Crippen MR) is 85.3 cm³/mol. The topological polar surface area (TPSA) is 15.3 Å². The van der Waals surface area contributed by atoms with E-state index >= 15 is 0 Å². The van der Waals surface area contributed by atoms with Crippen LogP contribution < -0.4 is 5.32 Å². The van der Waals surface area contributed by atoms with Gasteiger partial charge in [0.2, 0.25) is 0 Å². The van der Waals surface area contributed by atoms with Crippen molar-refractivity contribution >= 4 is 15.9 Å². The minimum absolute atomic E-state index is 0.188. The van der Waals surface area contributed by atoms with E-state index in [1.54, 1.807) is 12.1 Å². The maximum atomic E-state index is 13.4. The van der Waals surface area contributed by atoms with Crippen molar-refractivity contribution in [1.29, 1.82) is 0 Å². The van der Waals surface area contributed by atoms with Crippen LogP contribution in [0.1, 0.15) is 39.2 Å². The van der Waals surface area contributed by atoms with Gasteiger partial charge in [-0.3, -0.25) is 4.90 Å². The number of likely N-dealkylation sites (tertiary alicyclic amines) is 1. The predicted octanol–water partition coefficient (Wildman–Crippen LogP) is 3.94. The molecule has 1 heterocycles. The van der Waals surface area contributed by atoms with Gasteiger partial charge in [-0.1, -0.05) is 6.07 Å². The molecule has 2 nitrogen and oxygen atoms in total. The van der Waals surface area contributed by atoms with Crippen LogP contribution in [0.4, 0.5) is 4.39 Å². The molecular weight excluding hydrogens is 319 g/mol. The third kappa shape index (κ3) is 4.27. The number of hydrogen-bond acceptors (Lipinski definition) is 2. The first-order valence-corrected chi connectivity index (χ1v) is 8.08. The third-order valence-corrected chi connectivity index (χ3v) is 4.67. The van der Waals surface area contributed by atoms with Crippen molar-refractivity contribution in [3.05, 3.63) is 34.1 Å². The van der Waals surface area contributed by atoms with Crippen LogP contribution in [0.2, 0.25) is 0 Å². The van der Waals surface area contributed by atoms with E-state index in [1.807, 2.05) is 6.07 Å². The highest BCUT2D eigenvalue weighted by Gasteiger charge is 2.26. The van der Waals surface area contributed by atoms with Crippen LogP contribution in [0.3, 0.4) is 0 Å². The number of nitrogens with one attached hydrogen (secondary N) is 1. The molecule has 0 amide bonds. The molecule has 20 heavy (non-hydrogen) atoms. The van der Waals surface area contributed by atoms with Crippen LogP contribution in [-0.4, -0.2) is 29.6 Å². The molecule has 1 aromatic rings. The lowest BCUT2D eigenvalue weighted by molar-refractivity contribution is 0.0960. The maximum absolute atomic E-state index is 13.4. The quantitative estimate of drug-likeness (QED) is 0.894. The highest BCUT2D eigenvalue weighted by atomic mass is 79.9. The van der Waals surface area contributed by atoms with Gasteiger partial charge in [-0.05, 0) is 67.2 Å². The average molecular weight is 343 g/mol. The Bertz CT molecular complexity index is 448. The van der Waals surface area contributed by atoms with E-state index in [2.05, 4.69) is 46.9 Å². The summed E-state index contributed by atoms with van der Waals surface area (Å²) in [6, 6.07) is 5.88. The first-order valence-electron chi connectivity index (χ1n) is 7.28. The number of benzene rings is 1. The highest BCUT2D eigenvalue weighted by molar-refractivity contribution is 9.10. The van der Waals surface area contributed by atoms with Crippen LogP contribution in [-0.2, 0) is 6.54 Å². The fourth-order valence-electron chi connectivity index (χ4n) is 2.67. The Morgan fingerprint density at radius 3 is 2.50 bits per heavy atom. The van der Waals surface area contributed by atoms with Crippen molar-refractivity contribution in [3.63, 3.8) is 0 Å². The number of nitrogens with zero attached hydrogens (tertiary/aromatic N) is 1. The summed E-state index contributed by atoms with van der Waals surface area (Å²) in [4.78, 5) is 2.53. The molecule has 0 saturated carbocycles. The summed E-state index contributed by atoms with van der Waals surface area (Å²) in [5.41, 5.74) is 1.27. The SMILES string of the molecule is CC(C)(C)N1CCC(NCc2ccc(Br)c(F)c2)CC1. The molecule has 1 aliphatic rings. The van der Waals surface area contributed by atoms with Crippen molar-refractivity contribution < 1.29 is 4.39 Å². The van der Waals surface area contributed by atoms with Crippen LogP contribution >= 0.6 is 15.9 Å². The second-order valence-corrected chi connectivity index (χ2v) is 7.42. The molecule has 0 spiro atoms. The summed E-state index contributed by atoms with van der Waals surface area (Å²) in [7, 11) is 0. The van der Waals surface area contributed by atoms with Crippen molar-refractivity contribution in [3.8, 4) is 0 Å². The van der Waals surface area contributed by atoms with Gasteiger partial charge in [0.05, 0.1) is 4.47 Å². The zero-order valence-electron chi connectivity index (χ0n) is 12.5. The zero-order chi connectivity index (χ0) is 14.8. The molecule has 0 radical (unpaired) electrons. The van der Waals surface area contributed by atoms with Crippen molar-refractivity contribution in [2.45, 2.75) is 51.7 Å². The summed E-state index contributed by atoms with van der Waals surface area (Å²) in [5.74, 6) is -0.188. The first kappa shape index (κ1) is 15.9. The van der Waals surface area contributed by atoms with Gasteiger partial charge in [0.1, 0.15) is 5.82 Å². The van der Waals surface area contributed by atoms with Crippen LogP contribution in [0.25, 0.3) is 0 Å². The second-order valence-electron chi connectivity index (χ2n) is 6.56. The molecule has 0 unspecified atom stereocenters. The van der Waals surface area contributed by atoms with Gasteiger partial charge in [-0.2, -0.15) is 0 Å². The molecule has 1 aliphatic heterocycles. The van der Waals surface area contributed by atoms with Crippen LogP contribution in [0.15, 0.2) is 22.7 Å². The number of piperidine rings is 1. The Kier molecular flexibility index (Phi) is 5.21. The minimum atomic E-state index is -0.188. The normalized spacial score (nSPS) is 18.4. The fourth-order valence-corrected chi connectivity index (χ4v) is 2.91.